The minimum Gasteiger partial charge on any atom is -0.454 e. The summed E-state index contributed by atoms with van der Waals surface area (Å²) in [4.78, 5) is 19.9. The zero-order valence-electron chi connectivity index (χ0n) is 22.2. The van der Waals surface area contributed by atoms with Gasteiger partial charge in [0.15, 0.2) is 23.1 Å². The smallest absolute Gasteiger partial charge is 0.164 e. The summed E-state index contributed by atoms with van der Waals surface area (Å²) in [5.41, 5.74) is 5.05. The number of nitrogens with zero attached hydrogens (tertiary/aromatic N) is 4. The number of fused-ring (bicyclic) bond motifs is 8. The molecule has 5 nitrogen and oxygen atoms in total. The summed E-state index contributed by atoms with van der Waals surface area (Å²) in [6.07, 6.45) is 1.90. The maximum absolute atomic E-state index is 6.41. The van der Waals surface area contributed by atoms with Gasteiger partial charge in [0.25, 0.3) is 0 Å². The van der Waals surface area contributed by atoms with Crippen molar-refractivity contribution in [3.63, 3.8) is 0 Å². The Morgan fingerprint density at radius 3 is 2.19 bits per heavy atom. The van der Waals surface area contributed by atoms with Crippen LogP contribution >= 0.6 is 11.3 Å². The van der Waals surface area contributed by atoms with E-state index in [0.29, 0.717) is 17.5 Å². The molecule has 0 amide bonds. The van der Waals surface area contributed by atoms with Gasteiger partial charge in [0.05, 0.1) is 5.39 Å². The zero-order chi connectivity index (χ0) is 27.6. The van der Waals surface area contributed by atoms with Gasteiger partial charge in [-0.15, -0.1) is 11.3 Å². The standard InChI is InChI=1S/C36H20N4OS/c1-2-9-21(10-3-1)34-38-35(22-17-18-30-27(19-22)25-13-6-7-16-29(25)42-30)40-36(39-34)26-14-8-15-28-31(26)32-33(41-28)24-12-5-4-11-23(24)20-37-32/h1-20H. The summed E-state index contributed by atoms with van der Waals surface area (Å²) >= 11 is 1.80. The zero-order valence-corrected chi connectivity index (χ0v) is 23.0. The van der Waals surface area contributed by atoms with Gasteiger partial charge in [-0.2, -0.15) is 0 Å². The maximum atomic E-state index is 6.41. The summed E-state index contributed by atoms with van der Waals surface area (Å²) in [5.74, 6) is 1.82. The lowest BCUT2D eigenvalue weighted by atomic mass is 10.1. The summed E-state index contributed by atoms with van der Waals surface area (Å²) in [6.45, 7) is 0. The number of aromatic nitrogens is 4. The topological polar surface area (TPSA) is 64.7 Å². The van der Waals surface area contributed by atoms with Crippen LogP contribution in [0.1, 0.15) is 0 Å². The van der Waals surface area contributed by atoms with Crippen LogP contribution in [0.5, 0.6) is 0 Å². The third-order valence-corrected chi connectivity index (χ3v) is 8.92. The Morgan fingerprint density at radius 1 is 0.548 bits per heavy atom. The Hall–Kier alpha value is -5.46. The molecule has 42 heavy (non-hydrogen) atoms. The molecule has 0 fully saturated rings. The van der Waals surface area contributed by atoms with Crippen LogP contribution in [0.2, 0.25) is 0 Å². The van der Waals surface area contributed by atoms with E-state index in [2.05, 4.69) is 48.5 Å². The first-order valence-corrected chi connectivity index (χ1v) is 14.5. The lowest BCUT2D eigenvalue weighted by Gasteiger charge is -2.09. The second kappa shape index (κ2) is 9.03. The van der Waals surface area contributed by atoms with Gasteiger partial charge in [0, 0.05) is 53.8 Å². The van der Waals surface area contributed by atoms with Gasteiger partial charge in [-0.3, -0.25) is 4.98 Å². The molecule has 5 aromatic carbocycles. The molecule has 0 spiro atoms. The van der Waals surface area contributed by atoms with E-state index in [1.165, 1.54) is 20.2 Å². The predicted octanol–water partition coefficient (Wildman–Crippen LogP) is 9.69. The number of thiophene rings is 1. The molecule has 0 aliphatic rings. The lowest BCUT2D eigenvalue weighted by Crippen LogP contribution is -2.00. The molecule has 0 aliphatic carbocycles. The largest absolute Gasteiger partial charge is 0.454 e. The second-order valence-corrected chi connectivity index (χ2v) is 11.4. The Labute approximate surface area is 243 Å². The van der Waals surface area contributed by atoms with Crippen LogP contribution in [0.3, 0.4) is 0 Å². The quantitative estimate of drug-likeness (QED) is 0.217. The van der Waals surface area contributed by atoms with E-state index in [-0.39, 0.29) is 0 Å². The SMILES string of the molecule is c1ccc(-c2nc(-c3ccc4sc5ccccc5c4c3)nc(-c3cccc4oc5c6ccccc6cnc5c34)n2)cc1. The Balaban J connectivity index is 1.32. The molecule has 0 N–H and O–H groups in total. The van der Waals surface area contributed by atoms with Crippen molar-refractivity contribution in [1.82, 2.24) is 19.9 Å². The van der Waals surface area contributed by atoms with Crippen molar-refractivity contribution in [3.05, 3.63) is 121 Å². The van der Waals surface area contributed by atoms with Crippen molar-refractivity contribution in [2.45, 2.75) is 0 Å². The van der Waals surface area contributed by atoms with Gasteiger partial charge in [0.1, 0.15) is 11.1 Å². The number of benzene rings is 5. The third kappa shape index (κ3) is 3.56. The molecule has 4 heterocycles. The normalized spacial score (nSPS) is 11.8. The second-order valence-electron chi connectivity index (χ2n) is 10.3. The van der Waals surface area contributed by atoms with Crippen LogP contribution in [-0.2, 0) is 0 Å². The van der Waals surface area contributed by atoms with Gasteiger partial charge in [0.2, 0.25) is 0 Å². The first-order valence-electron chi connectivity index (χ1n) is 13.7. The van der Waals surface area contributed by atoms with Gasteiger partial charge in [-0.25, -0.2) is 15.0 Å². The van der Waals surface area contributed by atoms with E-state index in [9.17, 15) is 0 Å². The van der Waals surface area contributed by atoms with E-state index in [1.807, 2.05) is 72.9 Å². The van der Waals surface area contributed by atoms with Crippen molar-refractivity contribution < 1.29 is 4.42 Å². The first kappa shape index (κ1) is 23.3. The number of hydrogen-bond donors (Lipinski definition) is 0. The number of hydrogen-bond acceptors (Lipinski definition) is 6. The van der Waals surface area contributed by atoms with Gasteiger partial charge < -0.3 is 4.42 Å². The number of furan rings is 1. The van der Waals surface area contributed by atoms with Crippen LogP contribution in [0.15, 0.2) is 126 Å². The molecule has 0 radical (unpaired) electrons. The van der Waals surface area contributed by atoms with E-state index in [0.717, 1.165) is 49.5 Å². The molecule has 9 rings (SSSR count). The Bertz CT molecular complexity index is 2480. The summed E-state index contributed by atoms with van der Waals surface area (Å²) in [7, 11) is 0. The fourth-order valence-corrected chi connectivity index (χ4v) is 6.87. The number of pyridine rings is 1. The van der Waals surface area contributed by atoms with E-state index in [1.54, 1.807) is 11.3 Å². The molecular weight excluding hydrogens is 536 g/mol. The van der Waals surface area contributed by atoms with Crippen LogP contribution in [-0.4, -0.2) is 19.9 Å². The molecule has 0 saturated heterocycles. The number of rotatable bonds is 3. The minimum atomic E-state index is 0.581. The molecule has 196 valence electrons. The Kier molecular flexibility index (Phi) is 5.00. The minimum absolute atomic E-state index is 0.581. The van der Waals surface area contributed by atoms with Crippen LogP contribution in [0.4, 0.5) is 0 Å². The summed E-state index contributed by atoms with van der Waals surface area (Å²) in [6, 6.07) is 39.2. The van der Waals surface area contributed by atoms with E-state index < -0.39 is 0 Å². The van der Waals surface area contributed by atoms with Crippen molar-refractivity contribution in [3.8, 4) is 34.2 Å². The lowest BCUT2D eigenvalue weighted by molar-refractivity contribution is 0.672. The van der Waals surface area contributed by atoms with E-state index >= 15 is 0 Å². The van der Waals surface area contributed by atoms with Crippen molar-refractivity contribution >= 4 is 64.4 Å². The Morgan fingerprint density at radius 2 is 1.29 bits per heavy atom. The van der Waals surface area contributed by atoms with Gasteiger partial charge in [-0.1, -0.05) is 84.9 Å². The molecule has 0 saturated carbocycles. The molecule has 9 aromatic rings. The average Bonchev–Trinajstić information content (AvgIpc) is 3.63. The summed E-state index contributed by atoms with van der Waals surface area (Å²) < 4.78 is 8.91. The van der Waals surface area contributed by atoms with E-state index in [4.69, 9.17) is 24.4 Å². The third-order valence-electron chi connectivity index (χ3n) is 7.77. The highest BCUT2D eigenvalue weighted by atomic mass is 32.1. The molecule has 0 atom stereocenters. The van der Waals surface area contributed by atoms with Crippen LogP contribution in [0.25, 0.3) is 87.2 Å². The molecule has 0 bridgehead atoms. The fourth-order valence-electron chi connectivity index (χ4n) is 5.78. The summed E-state index contributed by atoms with van der Waals surface area (Å²) in [5, 5.41) is 5.41. The van der Waals surface area contributed by atoms with Crippen molar-refractivity contribution in [2.24, 2.45) is 0 Å². The van der Waals surface area contributed by atoms with Crippen LogP contribution < -0.4 is 0 Å². The van der Waals surface area contributed by atoms with Crippen molar-refractivity contribution in [1.29, 1.82) is 0 Å². The predicted molar refractivity (Wildman–Crippen MR) is 172 cm³/mol. The maximum Gasteiger partial charge on any atom is 0.164 e. The molecular formula is C36H20N4OS. The highest BCUT2D eigenvalue weighted by Crippen LogP contribution is 2.39. The highest BCUT2D eigenvalue weighted by Gasteiger charge is 2.20. The first-order chi connectivity index (χ1) is 20.8. The molecule has 6 heteroatoms. The van der Waals surface area contributed by atoms with Crippen molar-refractivity contribution in [2.75, 3.05) is 0 Å². The van der Waals surface area contributed by atoms with Crippen LogP contribution in [0, 0.1) is 0 Å². The highest BCUT2D eigenvalue weighted by molar-refractivity contribution is 7.25. The molecule has 4 aromatic heterocycles. The fraction of sp³-hybridized carbons (Fsp3) is 0. The molecule has 0 aliphatic heterocycles. The molecule has 0 unspecified atom stereocenters. The monoisotopic (exact) mass is 556 g/mol. The van der Waals surface area contributed by atoms with Gasteiger partial charge >= 0.3 is 0 Å². The van der Waals surface area contributed by atoms with Gasteiger partial charge in [-0.05, 0) is 30.3 Å². The average molecular weight is 557 g/mol.